The summed E-state index contributed by atoms with van der Waals surface area (Å²) < 4.78 is 40.4. The Balaban J connectivity index is 0.811. The van der Waals surface area contributed by atoms with E-state index >= 15 is 8.63 Å². The number of anilines is 1. The molecule has 0 fully saturated rings. The minimum Gasteiger partial charge on any atom is -0.484 e. The molecule has 3 aromatic carbocycles. The average Bonchev–Trinajstić information content (AvgIpc) is 3.95. The van der Waals surface area contributed by atoms with Crippen molar-refractivity contribution in [1.82, 2.24) is 9.79 Å². The van der Waals surface area contributed by atoms with E-state index in [1.54, 1.807) is 54.6 Å². The van der Waals surface area contributed by atoms with Crippen LogP contribution in [0.15, 0.2) is 120 Å². The van der Waals surface area contributed by atoms with Crippen LogP contribution >= 0.6 is 11.3 Å². The lowest BCUT2D eigenvalue weighted by Crippen LogP contribution is -2.50. The van der Waals surface area contributed by atoms with Crippen LogP contribution in [0.2, 0.25) is 0 Å². The smallest absolute Gasteiger partial charge is 0.484 e. The van der Waals surface area contributed by atoms with Crippen molar-refractivity contribution in [3.8, 4) is 28.2 Å². The van der Waals surface area contributed by atoms with E-state index < -0.39 is 6.97 Å². The fraction of sp³-hybridized carbons (Fsp3) is 0.167. The number of aromatic nitrogens is 1. The number of hydrogen-bond donors (Lipinski definition) is 1. The monoisotopic (exact) mass is 724 g/mol. The van der Waals surface area contributed by atoms with Gasteiger partial charge in [0.25, 0.3) is 5.91 Å². The van der Waals surface area contributed by atoms with Crippen molar-refractivity contribution in [2.45, 2.75) is 32.2 Å². The van der Waals surface area contributed by atoms with Crippen LogP contribution in [0, 0.1) is 11.8 Å². The van der Waals surface area contributed by atoms with Gasteiger partial charge in [0.15, 0.2) is 18.0 Å². The zero-order valence-electron chi connectivity index (χ0n) is 28.8. The van der Waals surface area contributed by atoms with Crippen LogP contribution < -0.4 is 15.0 Å². The van der Waals surface area contributed by atoms with Crippen molar-refractivity contribution >= 4 is 47.6 Å². The number of fused-ring (bicyclic) bond motifs is 4. The van der Waals surface area contributed by atoms with E-state index in [1.165, 1.54) is 11.3 Å². The Kier molecular flexibility index (Phi) is 9.38. The first-order valence-electron chi connectivity index (χ1n) is 17.7. The quantitative estimate of drug-likeness (QED) is 0.0858. The summed E-state index contributed by atoms with van der Waals surface area (Å²) in [4.78, 5) is 28.6. The number of nitrogens with one attached hydrogen (secondary N) is 1. The largest absolute Gasteiger partial charge is 0.737 e. The van der Waals surface area contributed by atoms with Gasteiger partial charge in [-0.1, -0.05) is 54.7 Å². The molecule has 0 aliphatic carbocycles. The molecule has 0 radical (unpaired) electrons. The maximum atomic E-state index is 16.2. The number of ether oxygens (including phenoxy) is 1. The highest BCUT2D eigenvalue weighted by atomic mass is 32.1. The van der Waals surface area contributed by atoms with Gasteiger partial charge in [0, 0.05) is 64.1 Å². The summed E-state index contributed by atoms with van der Waals surface area (Å²) in [6.07, 6.45) is 7.80. The van der Waals surface area contributed by atoms with Gasteiger partial charge in [-0.3, -0.25) is 9.59 Å². The molecule has 53 heavy (non-hydrogen) atoms. The Hall–Kier alpha value is -5.99. The van der Waals surface area contributed by atoms with Gasteiger partial charge < -0.3 is 32.5 Å². The molecule has 8 rings (SSSR count). The van der Waals surface area contributed by atoms with Crippen LogP contribution in [-0.4, -0.2) is 46.6 Å². The standard InChI is InChI=1S/C42H35BF2N4O3S/c44-43(45)48-34(27-35-20-24-39(49(35)43)40-13-8-26-53-40)19-23-38(48)32-17-21-36(22-18-32)52-29-41(50)46-25-7-1-2-14-42(51)47-28-33-11-4-3-9-30(33)15-16-31-10-5-6-12-37(31)47/h3-6,8-13,17-24,26-27H,1-2,7,14,25,28-29H2,(H,46,50). The number of carbonyl (C=O) groups excluding carboxylic acids is 2. The number of allylic oxidation sites excluding steroid dienone is 2. The average molecular weight is 725 g/mol. The van der Waals surface area contributed by atoms with Crippen molar-refractivity contribution in [2.24, 2.45) is 0 Å². The predicted molar refractivity (Wildman–Crippen MR) is 206 cm³/mol. The molecule has 264 valence electrons. The van der Waals surface area contributed by atoms with Crippen LogP contribution in [-0.2, 0) is 16.1 Å². The minimum absolute atomic E-state index is 0.0440. The number of hydrogen-bond acceptors (Lipinski definition) is 4. The normalized spacial score (nSPS) is 14.8. The number of benzene rings is 3. The molecule has 0 unspecified atom stereocenters. The maximum Gasteiger partial charge on any atom is 0.737 e. The fourth-order valence-electron chi connectivity index (χ4n) is 7.05. The number of rotatable bonds is 11. The number of carbonyl (C=O) groups is 2. The summed E-state index contributed by atoms with van der Waals surface area (Å²) in [6.45, 7) is -3.39. The van der Waals surface area contributed by atoms with E-state index in [0.717, 1.165) is 49.1 Å². The van der Waals surface area contributed by atoms with Gasteiger partial charge in [0.05, 0.1) is 12.2 Å². The number of para-hydroxylation sites is 1. The second kappa shape index (κ2) is 14.6. The Morgan fingerprint density at radius 1 is 0.868 bits per heavy atom. The van der Waals surface area contributed by atoms with E-state index in [1.807, 2.05) is 70.9 Å². The van der Waals surface area contributed by atoms with Gasteiger partial charge in [0.2, 0.25) is 5.91 Å². The third kappa shape index (κ3) is 6.86. The van der Waals surface area contributed by atoms with Gasteiger partial charge in [-0.15, -0.1) is 11.3 Å². The molecule has 7 nitrogen and oxygen atoms in total. The van der Waals surface area contributed by atoms with Crippen LogP contribution in [0.5, 0.6) is 5.75 Å². The van der Waals surface area contributed by atoms with Crippen molar-refractivity contribution in [3.05, 3.63) is 148 Å². The van der Waals surface area contributed by atoms with Crippen molar-refractivity contribution in [3.63, 3.8) is 0 Å². The van der Waals surface area contributed by atoms with Crippen LogP contribution in [0.1, 0.15) is 53.6 Å². The number of nitrogens with zero attached hydrogens (tertiary/aromatic N) is 3. The number of amides is 2. The van der Waals surface area contributed by atoms with Gasteiger partial charge in [-0.25, -0.2) is 0 Å². The molecule has 0 saturated carbocycles. The molecule has 2 aromatic heterocycles. The van der Waals surface area contributed by atoms with Gasteiger partial charge in [-0.2, -0.15) is 0 Å². The topological polar surface area (TPSA) is 66.6 Å². The Bertz CT molecular complexity index is 2370. The van der Waals surface area contributed by atoms with E-state index in [2.05, 4.69) is 17.2 Å². The first kappa shape index (κ1) is 34.1. The second-order valence-corrected chi connectivity index (χ2v) is 14.1. The number of halogens is 2. The molecule has 5 heterocycles. The molecule has 0 saturated heterocycles. The van der Waals surface area contributed by atoms with Crippen LogP contribution in [0.3, 0.4) is 0 Å². The Morgan fingerprint density at radius 3 is 2.49 bits per heavy atom. The van der Waals surface area contributed by atoms with Gasteiger partial charge in [-0.05, 0) is 84.4 Å². The van der Waals surface area contributed by atoms with Gasteiger partial charge >= 0.3 is 6.97 Å². The molecule has 3 aliphatic rings. The summed E-state index contributed by atoms with van der Waals surface area (Å²) >= 11 is 1.43. The lowest BCUT2D eigenvalue weighted by atomic mass is 9.90. The number of unbranched alkanes of at least 4 members (excludes halogenated alkanes) is 2. The summed E-state index contributed by atoms with van der Waals surface area (Å²) in [5, 5.41) is 4.76. The zero-order valence-corrected chi connectivity index (χ0v) is 29.6. The van der Waals surface area contributed by atoms with Crippen molar-refractivity contribution < 1.29 is 27.4 Å². The molecule has 0 atom stereocenters. The van der Waals surface area contributed by atoms with Gasteiger partial charge in [0.1, 0.15) is 5.75 Å². The van der Waals surface area contributed by atoms with E-state index in [4.69, 9.17) is 4.74 Å². The van der Waals surface area contributed by atoms with Crippen LogP contribution in [0.4, 0.5) is 14.3 Å². The SMILES string of the molecule is O=C(COc1ccc(C2=[N+]3C(=Cc4ccc(-c5cccs5)n4[B-]3(F)F)C=C2)cc1)NCCCCCC(=O)N1Cc2ccccc2C#Cc2ccccc21. The Morgan fingerprint density at radius 2 is 1.66 bits per heavy atom. The zero-order chi connectivity index (χ0) is 36.4. The van der Waals surface area contributed by atoms with Crippen molar-refractivity contribution in [1.29, 1.82) is 0 Å². The summed E-state index contributed by atoms with van der Waals surface area (Å²) in [6, 6.07) is 29.7. The molecule has 2 amide bonds. The summed E-state index contributed by atoms with van der Waals surface area (Å²) in [5.41, 5.74) is 6.03. The van der Waals surface area contributed by atoms with E-state index in [-0.39, 0.29) is 18.4 Å². The molecule has 11 heteroatoms. The first-order valence-corrected chi connectivity index (χ1v) is 18.6. The molecule has 0 bridgehead atoms. The maximum absolute atomic E-state index is 16.2. The molecule has 0 spiro atoms. The third-order valence-corrected chi connectivity index (χ3v) is 10.6. The molecular formula is C42H35BF2N4O3S. The highest BCUT2D eigenvalue weighted by Gasteiger charge is 2.52. The summed E-state index contributed by atoms with van der Waals surface area (Å²) in [5.74, 6) is 6.72. The van der Waals surface area contributed by atoms with Crippen molar-refractivity contribution in [2.75, 3.05) is 18.1 Å². The highest BCUT2D eigenvalue weighted by Crippen LogP contribution is 2.38. The predicted octanol–water partition coefficient (Wildman–Crippen LogP) is 7.87. The molecular weight excluding hydrogens is 689 g/mol. The van der Waals surface area contributed by atoms with E-state index in [0.29, 0.717) is 60.0 Å². The second-order valence-electron chi connectivity index (χ2n) is 13.1. The minimum atomic E-state index is -4.15. The van der Waals surface area contributed by atoms with E-state index in [9.17, 15) is 9.59 Å². The molecule has 5 aromatic rings. The first-order chi connectivity index (χ1) is 25.9. The lowest BCUT2D eigenvalue weighted by molar-refractivity contribution is -0.360. The third-order valence-electron chi connectivity index (χ3n) is 9.67. The Labute approximate surface area is 310 Å². The number of thiophene rings is 1. The fourth-order valence-corrected chi connectivity index (χ4v) is 7.80. The van der Waals surface area contributed by atoms with Crippen LogP contribution in [0.25, 0.3) is 16.6 Å². The lowest BCUT2D eigenvalue weighted by Gasteiger charge is -2.30. The molecule has 1 N–H and O–H groups in total. The molecule has 3 aliphatic heterocycles. The summed E-state index contributed by atoms with van der Waals surface area (Å²) in [7, 11) is 0. The highest BCUT2D eigenvalue weighted by molar-refractivity contribution is 7.13.